The molecular weight excluding hydrogens is 300 g/mol. The fourth-order valence-electron chi connectivity index (χ4n) is 1.87. The monoisotopic (exact) mass is 318 g/mol. The van der Waals surface area contributed by atoms with Crippen LogP contribution in [0.5, 0.6) is 11.5 Å². The molecule has 7 heteroatoms. The molecule has 0 aliphatic carbocycles. The van der Waals surface area contributed by atoms with E-state index in [4.69, 9.17) is 19.5 Å². The van der Waals surface area contributed by atoms with Crippen LogP contribution in [0, 0.1) is 17.2 Å². The molecule has 1 N–H and O–H groups in total. The molecule has 1 heterocycles. The van der Waals surface area contributed by atoms with Crippen molar-refractivity contribution in [2.24, 2.45) is 5.92 Å². The summed E-state index contributed by atoms with van der Waals surface area (Å²) in [4.78, 5) is 23.8. The molecule has 0 saturated heterocycles. The number of ether oxygens (including phenoxy) is 3. The van der Waals surface area contributed by atoms with E-state index in [1.165, 1.54) is 12.1 Å². The molecule has 0 bridgehead atoms. The lowest BCUT2D eigenvalue weighted by Crippen LogP contribution is -2.50. The smallest absolute Gasteiger partial charge is 0.338 e. The Kier molecular flexibility index (Phi) is 4.74. The van der Waals surface area contributed by atoms with Crippen LogP contribution in [-0.2, 0) is 9.53 Å². The molecule has 1 aromatic rings. The highest BCUT2D eigenvalue weighted by Gasteiger charge is 2.30. The van der Waals surface area contributed by atoms with Gasteiger partial charge in [0.2, 0.25) is 6.79 Å². The minimum absolute atomic E-state index is 0.0824. The molecule has 0 radical (unpaired) electrons. The summed E-state index contributed by atoms with van der Waals surface area (Å²) in [6.45, 7) is 4.91. The van der Waals surface area contributed by atoms with Crippen LogP contribution in [0.1, 0.15) is 31.1 Å². The van der Waals surface area contributed by atoms with Gasteiger partial charge in [-0.15, -0.1) is 0 Å². The number of nitrogens with one attached hydrogen (secondary N) is 1. The maximum atomic E-state index is 12.0. The zero-order valence-corrected chi connectivity index (χ0v) is 13.2. The van der Waals surface area contributed by atoms with Crippen molar-refractivity contribution in [3.63, 3.8) is 0 Å². The molecule has 23 heavy (non-hydrogen) atoms. The molecule has 2 rings (SSSR count). The van der Waals surface area contributed by atoms with E-state index in [9.17, 15) is 9.59 Å². The molecular formula is C16H18N2O5. The molecule has 1 aliphatic rings. The van der Waals surface area contributed by atoms with Crippen LogP contribution in [0.25, 0.3) is 0 Å². The summed E-state index contributed by atoms with van der Waals surface area (Å²) >= 11 is 0. The third-order valence-electron chi connectivity index (χ3n) is 3.73. The van der Waals surface area contributed by atoms with Gasteiger partial charge < -0.3 is 19.5 Å². The molecule has 0 saturated carbocycles. The molecule has 1 aliphatic heterocycles. The number of carbonyl (C=O) groups excluding carboxylic acids is 2. The van der Waals surface area contributed by atoms with Gasteiger partial charge in [0.15, 0.2) is 18.1 Å². The van der Waals surface area contributed by atoms with Crippen LogP contribution < -0.4 is 14.8 Å². The highest BCUT2D eigenvalue weighted by atomic mass is 16.7. The second-order valence-corrected chi connectivity index (χ2v) is 5.66. The molecule has 1 atom stereocenters. The number of amides is 1. The second-order valence-electron chi connectivity index (χ2n) is 5.66. The van der Waals surface area contributed by atoms with Crippen molar-refractivity contribution in [1.29, 1.82) is 5.26 Å². The number of esters is 1. The summed E-state index contributed by atoms with van der Waals surface area (Å²) in [5.41, 5.74) is -0.753. The Morgan fingerprint density at radius 3 is 2.74 bits per heavy atom. The van der Waals surface area contributed by atoms with Gasteiger partial charge in [0.05, 0.1) is 11.6 Å². The van der Waals surface area contributed by atoms with Gasteiger partial charge in [-0.05, 0) is 31.0 Å². The summed E-state index contributed by atoms with van der Waals surface area (Å²) in [5, 5.41) is 11.7. The highest BCUT2D eigenvalue weighted by molar-refractivity contribution is 5.92. The second kappa shape index (κ2) is 6.57. The van der Waals surface area contributed by atoms with Gasteiger partial charge in [-0.25, -0.2) is 4.79 Å². The Morgan fingerprint density at radius 1 is 1.39 bits per heavy atom. The first-order valence-corrected chi connectivity index (χ1v) is 7.15. The van der Waals surface area contributed by atoms with E-state index in [1.807, 2.05) is 13.8 Å². The average molecular weight is 318 g/mol. The van der Waals surface area contributed by atoms with E-state index in [2.05, 4.69) is 11.4 Å². The topological polar surface area (TPSA) is 97.7 Å². The molecule has 0 fully saturated rings. The van der Waals surface area contributed by atoms with Gasteiger partial charge in [0, 0.05) is 0 Å². The lowest BCUT2D eigenvalue weighted by molar-refractivity contribution is -0.125. The first-order valence-electron chi connectivity index (χ1n) is 7.15. The number of fused-ring (bicyclic) bond motifs is 1. The molecule has 0 unspecified atom stereocenters. The average Bonchev–Trinajstić information content (AvgIpc) is 2.99. The van der Waals surface area contributed by atoms with E-state index in [0.29, 0.717) is 11.5 Å². The Morgan fingerprint density at radius 2 is 2.09 bits per heavy atom. The van der Waals surface area contributed by atoms with Crippen molar-refractivity contribution in [2.75, 3.05) is 13.4 Å². The number of nitriles is 1. The molecule has 0 aromatic heterocycles. The van der Waals surface area contributed by atoms with Gasteiger partial charge in [-0.2, -0.15) is 5.26 Å². The van der Waals surface area contributed by atoms with Gasteiger partial charge in [-0.1, -0.05) is 13.8 Å². The lowest BCUT2D eigenvalue weighted by Gasteiger charge is -2.27. The van der Waals surface area contributed by atoms with Gasteiger partial charge in [-0.3, -0.25) is 4.79 Å². The van der Waals surface area contributed by atoms with E-state index >= 15 is 0 Å². The predicted molar refractivity (Wildman–Crippen MR) is 79.8 cm³/mol. The van der Waals surface area contributed by atoms with Crippen LogP contribution in [0.3, 0.4) is 0 Å². The van der Waals surface area contributed by atoms with Crippen molar-refractivity contribution in [2.45, 2.75) is 26.3 Å². The highest BCUT2D eigenvalue weighted by Crippen LogP contribution is 2.32. The Labute approximate surface area is 134 Å². The first kappa shape index (κ1) is 16.6. The number of carbonyl (C=O) groups is 2. The van der Waals surface area contributed by atoms with Crippen molar-refractivity contribution in [3.8, 4) is 17.6 Å². The van der Waals surface area contributed by atoms with Crippen LogP contribution in [-0.4, -0.2) is 30.8 Å². The minimum Gasteiger partial charge on any atom is -0.454 e. The van der Waals surface area contributed by atoms with Gasteiger partial charge in [0.1, 0.15) is 5.54 Å². The van der Waals surface area contributed by atoms with E-state index < -0.39 is 24.0 Å². The van der Waals surface area contributed by atoms with Crippen molar-refractivity contribution >= 4 is 11.9 Å². The summed E-state index contributed by atoms with van der Waals surface area (Å²) in [6, 6.07) is 6.68. The Balaban J connectivity index is 1.92. The van der Waals surface area contributed by atoms with Crippen molar-refractivity contribution in [1.82, 2.24) is 5.32 Å². The fraction of sp³-hybridized carbons (Fsp3) is 0.438. The van der Waals surface area contributed by atoms with Crippen molar-refractivity contribution in [3.05, 3.63) is 23.8 Å². The summed E-state index contributed by atoms with van der Waals surface area (Å²) in [6.07, 6.45) is 0. The maximum absolute atomic E-state index is 12.0. The zero-order valence-electron chi connectivity index (χ0n) is 13.2. The number of rotatable bonds is 5. The van der Waals surface area contributed by atoms with Crippen LogP contribution in [0.2, 0.25) is 0 Å². The third kappa shape index (κ3) is 3.72. The summed E-state index contributed by atoms with van der Waals surface area (Å²) in [5.74, 6) is -0.249. The summed E-state index contributed by atoms with van der Waals surface area (Å²) < 4.78 is 15.3. The first-order chi connectivity index (χ1) is 10.9. The molecule has 7 nitrogen and oxygen atoms in total. The minimum atomic E-state index is -1.01. The SMILES string of the molecule is CC(C)[C@@](C)(C#N)NC(=O)COC(=O)c1ccc2c(c1)OCO2. The van der Waals surface area contributed by atoms with E-state index in [-0.39, 0.29) is 18.3 Å². The number of benzene rings is 1. The third-order valence-corrected chi connectivity index (χ3v) is 3.73. The predicted octanol–water partition coefficient (Wildman–Crippen LogP) is 1.63. The lowest BCUT2D eigenvalue weighted by atomic mass is 9.90. The molecule has 122 valence electrons. The zero-order chi connectivity index (χ0) is 17.0. The van der Waals surface area contributed by atoms with Gasteiger partial charge in [0.25, 0.3) is 5.91 Å². The van der Waals surface area contributed by atoms with E-state index in [1.54, 1.807) is 13.0 Å². The van der Waals surface area contributed by atoms with Gasteiger partial charge >= 0.3 is 5.97 Å². The summed E-state index contributed by atoms with van der Waals surface area (Å²) in [7, 11) is 0. The maximum Gasteiger partial charge on any atom is 0.338 e. The fourth-order valence-corrected chi connectivity index (χ4v) is 1.87. The van der Waals surface area contributed by atoms with Crippen LogP contribution >= 0.6 is 0 Å². The Bertz CT molecular complexity index is 665. The normalized spacial score (nSPS) is 14.7. The Hall–Kier alpha value is -2.75. The standard InChI is InChI=1S/C16H18N2O5/c1-10(2)16(3,8-17)18-14(19)7-21-15(20)11-4-5-12-13(6-11)23-9-22-12/h4-6,10H,7,9H2,1-3H3,(H,18,19)/t16-/m1/s1. The number of hydrogen-bond donors (Lipinski definition) is 1. The molecule has 1 amide bonds. The van der Waals surface area contributed by atoms with E-state index in [0.717, 1.165) is 0 Å². The number of nitrogens with zero attached hydrogens (tertiary/aromatic N) is 1. The molecule has 0 spiro atoms. The molecule has 1 aromatic carbocycles. The number of hydrogen-bond acceptors (Lipinski definition) is 6. The largest absolute Gasteiger partial charge is 0.454 e. The quantitative estimate of drug-likeness (QED) is 0.829. The van der Waals surface area contributed by atoms with Crippen molar-refractivity contribution < 1.29 is 23.8 Å². The van der Waals surface area contributed by atoms with Crippen LogP contribution in [0.15, 0.2) is 18.2 Å². The van der Waals surface area contributed by atoms with Crippen LogP contribution in [0.4, 0.5) is 0 Å².